The van der Waals surface area contributed by atoms with Crippen LogP contribution in [0.15, 0.2) is 24.3 Å². The zero-order valence-electron chi connectivity index (χ0n) is 12.4. The number of alkyl halides is 5. The second kappa shape index (κ2) is 7.47. The van der Waals surface area contributed by atoms with Crippen molar-refractivity contribution in [3.05, 3.63) is 24.3 Å². The molecule has 0 radical (unpaired) electrons. The molecule has 1 aromatic carbocycles. The molecule has 1 rings (SSSR count). The van der Waals surface area contributed by atoms with Gasteiger partial charge in [0.25, 0.3) is 0 Å². The Bertz CT molecular complexity index is 533. The SMILES string of the molecule is CCC(COc1ccccc1OC(=O)NC)C(F)(F)C(F)(F)F. The van der Waals surface area contributed by atoms with Crippen molar-refractivity contribution in [2.45, 2.75) is 25.4 Å². The van der Waals surface area contributed by atoms with E-state index in [1.54, 1.807) is 0 Å². The van der Waals surface area contributed by atoms with E-state index in [2.05, 4.69) is 5.32 Å². The van der Waals surface area contributed by atoms with E-state index >= 15 is 0 Å². The van der Waals surface area contributed by atoms with Crippen LogP contribution in [0.1, 0.15) is 13.3 Å². The lowest BCUT2D eigenvalue weighted by atomic mass is 9.99. The number of halogens is 5. The third-order valence-corrected chi connectivity index (χ3v) is 3.08. The van der Waals surface area contributed by atoms with Gasteiger partial charge in [0, 0.05) is 7.05 Å². The minimum Gasteiger partial charge on any atom is -0.489 e. The summed E-state index contributed by atoms with van der Waals surface area (Å²) in [7, 11) is 1.31. The van der Waals surface area contributed by atoms with E-state index in [9.17, 15) is 26.7 Å². The maximum Gasteiger partial charge on any atom is 0.453 e. The van der Waals surface area contributed by atoms with E-state index in [0.29, 0.717) is 0 Å². The summed E-state index contributed by atoms with van der Waals surface area (Å²) in [6.07, 6.45) is -6.92. The summed E-state index contributed by atoms with van der Waals surface area (Å²) in [5, 5.41) is 2.18. The third kappa shape index (κ3) is 4.70. The molecule has 130 valence electrons. The van der Waals surface area contributed by atoms with Crippen molar-refractivity contribution in [1.29, 1.82) is 0 Å². The Morgan fingerprint density at radius 3 is 2.22 bits per heavy atom. The number of nitrogens with one attached hydrogen (secondary N) is 1. The van der Waals surface area contributed by atoms with Crippen LogP contribution in [-0.2, 0) is 0 Å². The molecule has 0 bridgehead atoms. The average molecular weight is 341 g/mol. The number of hydrogen-bond acceptors (Lipinski definition) is 3. The van der Waals surface area contributed by atoms with Gasteiger partial charge in [-0.25, -0.2) is 4.79 Å². The van der Waals surface area contributed by atoms with Crippen LogP contribution in [0.4, 0.5) is 26.7 Å². The number of benzene rings is 1. The van der Waals surface area contributed by atoms with E-state index in [1.165, 1.54) is 38.2 Å². The summed E-state index contributed by atoms with van der Waals surface area (Å²) in [6.45, 7) is 0.331. The molecule has 0 fully saturated rings. The van der Waals surface area contributed by atoms with E-state index in [1.807, 2.05) is 0 Å². The van der Waals surface area contributed by atoms with Gasteiger partial charge in [0.2, 0.25) is 0 Å². The van der Waals surface area contributed by atoms with Crippen LogP contribution in [0.25, 0.3) is 0 Å². The second-order valence-electron chi connectivity index (χ2n) is 4.62. The molecule has 1 atom stereocenters. The highest BCUT2D eigenvalue weighted by Gasteiger charge is 2.61. The van der Waals surface area contributed by atoms with Crippen LogP contribution >= 0.6 is 0 Å². The molecule has 9 heteroatoms. The standard InChI is InChI=1S/C14H16F5NO3/c1-3-9(13(15,16)14(17,18)19)8-22-10-6-4-5-7-11(10)23-12(21)20-2/h4-7,9H,3,8H2,1-2H3,(H,20,21). The Kier molecular flexibility index (Phi) is 6.17. The molecule has 0 heterocycles. The molecule has 0 saturated heterocycles. The molecule has 4 nitrogen and oxygen atoms in total. The molecule has 0 aliphatic heterocycles. The lowest BCUT2D eigenvalue weighted by molar-refractivity contribution is -0.305. The van der Waals surface area contributed by atoms with Crippen molar-refractivity contribution >= 4 is 6.09 Å². The van der Waals surface area contributed by atoms with Crippen molar-refractivity contribution in [3.63, 3.8) is 0 Å². The van der Waals surface area contributed by atoms with Crippen LogP contribution in [0.3, 0.4) is 0 Å². The highest BCUT2D eigenvalue weighted by Crippen LogP contribution is 2.43. The molecular formula is C14H16F5NO3. The van der Waals surface area contributed by atoms with Gasteiger partial charge in [0.1, 0.15) is 0 Å². The van der Waals surface area contributed by atoms with E-state index in [0.717, 1.165) is 0 Å². The fourth-order valence-corrected chi connectivity index (χ4v) is 1.71. The Labute approximate surface area is 129 Å². The Morgan fingerprint density at radius 2 is 1.74 bits per heavy atom. The van der Waals surface area contributed by atoms with Gasteiger partial charge in [0.05, 0.1) is 12.5 Å². The van der Waals surface area contributed by atoms with Crippen LogP contribution in [0.2, 0.25) is 0 Å². The average Bonchev–Trinajstić information content (AvgIpc) is 2.47. The molecule has 1 unspecified atom stereocenters. The van der Waals surface area contributed by atoms with Crippen molar-refractivity contribution in [2.75, 3.05) is 13.7 Å². The Morgan fingerprint density at radius 1 is 1.17 bits per heavy atom. The first kappa shape index (κ1) is 19.0. The maximum absolute atomic E-state index is 13.4. The van der Waals surface area contributed by atoms with Gasteiger partial charge in [-0.1, -0.05) is 19.1 Å². The van der Waals surface area contributed by atoms with Crippen molar-refractivity contribution in [3.8, 4) is 11.5 Å². The largest absolute Gasteiger partial charge is 0.489 e. The topological polar surface area (TPSA) is 47.6 Å². The number of para-hydroxylation sites is 2. The first-order valence-corrected chi connectivity index (χ1v) is 6.69. The predicted octanol–water partition coefficient (Wildman–Crippen LogP) is 4.01. The van der Waals surface area contributed by atoms with E-state index in [4.69, 9.17) is 9.47 Å². The minimum absolute atomic E-state index is 0.0861. The van der Waals surface area contributed by atoms with Gasteiger partial charge in [-0.3, -0.25) is 0 Å². The fourth-order valence-electron chi connectivity index (χ4n) is 1.71. The minimum atomic E-state index is -5.66. The van der Waals surface area contributed by atoms with Crippen molar-refractivity contribution in [2.24, 2.45) is 5.92 Å². The molecule has 0 aliphatic carbocycles. The lowest BCUT2D eigenvalue weighted by Gasteiger charge is -2.27. The summed E-state index contributed by atoms with van der Waals surface area (Å²) < 4.78 is 73.8. The normalized spacial score (nSPS) is 13.3. The maximum atomic E-state index is 13.4. The van der Waals surface area contributed by atoms with Crippen molar-refractivity contribution in [1.82, 2.24) is 5.32 Å². The first-order valence-electron chi connectivity index (χ1n) is 6.69. The summed E-state index contributed by atoms with van der Waals surface area (Å²) >= 11 is 0. The van der Waals surface area contributed by atoms with Crippen LogP contribution in [0, 0.1) is 5.92 Å². The quantitative estimate of drug-likeness (QED) is 0.796. The summed E-state index contributed by atoms with van der Waals surface area (Å²) in [5.74, 6) is -7.13. The predicted molar refractivity (Wildman–Crippen MR) is 71.8 cm³/mol. The smallest absolute Gasteiger partial charge is 0.453 e. The van der Waals surface area contributed by atoms with Gasteiger partial charge in [-0.05, 0) is 18.6 Å². The molecule has 0 aliphatic rings. The van der Waals surface area contributed by atoms with Gasteiger partial charge in [0.15, 0.2) is 11.5 Å². The van der Waals surface area contributed by atoms with E-state index < -0.39 is 37.1 Å². The van der Waals surface area contributed by atoms with Gasteiger partial charge in [-0.2, -0.15) is 22.0 Å². The van der Waals surface area contributed by atoms with Gasteiger partial charge < -0.3 is 14.8 Å². The monoisotopic (exact) mass is 341 g/mol. The third-order valence-electron chi connectivity index (χ3n) is 3.08. The molecule has 1 N–H and O–H groups in total. The lowest BCUT2D eigenvalue weighted by Crippen LogP contribution is -2.45. The summed E-state index contributed by atoms with van der Waals surface area (Å²) in [4.78, 5) is 11.2. The molecule has 23 heavy (non-hydrogen) atoms. The Hall–Kier alpha value is -2.06. The van der Waals surface area contributed by atoms with E-state index in [-0.39, 0.29) is 11.5 Å². The highest BCUT2D eigenvalue weighted by atomic mass is 19.4. The number of rotatable bonds is 6. The Balaban J connectivity index is 2.86. The molecule has 1 amide bonds. The summed E-state index contributed by atoms with van der Waals surface area (Å²) in [6, 6.07) is 5.59. The number of amides is 1. The number of hydrogen-bond donors (Lipinski definition) is 1. The summed E-state index contributed by atoms with van der Waals surface area (Å²) in [5.41, 5.74) is 0. The van der Waals surface area contributed by atoms with Gasteiger partial charge >= 0.3 is 18.2 Å². The van der Waals surface area contributed by atoms with Crippen LogP contribution in [0.5, 0.6) is 11.5 Å². The zero-order valence-corrected chi connectivity index (χ0v) is 12.4. The van der Waals surface area contributed by atoms with Gasteiger partial charge in [-0.15, -0.1) is 0 Å². The second-order valence-corrected chi connectivity index (χ2v) is 4.62. The highest BCUT2D eigenvalue weighted by molar-refractivity contribution is 5.70. The number of carbonyl (C=O) groups is 1. The fraction of sp³-hybridized carbons (Fsp3) is 0.500. The van der Waals surface area contributed by atoms with Crippen molar-refractivity contribution < 1.29 is 36.2 Å². The number of ether oxygens (including phenoxy) is 2. The number of carbonyl (C=O) groups excluding carboxylic acids is 1. The zero-order chi connectivity index (χ0) is 17.7. The molecule has 1 aromatic rings. The molecule has 0 saturated carbocycles. The first-order chi connectivity index (χ1) is 10.6. The molecule has 0 spiro atoms. The van der Waals surface area contributed by atoms with Crippen LogP contribution in [-0.4, -0.2) is 31.8 Å². The molecule has 0 aromatic heterocycles. The molecular weight excluding hydrogens is 325 g/mol. The van der Waals surface area contributed by atoms with Crippen LogP contribution < -0.4 is 14.8 Å².